The summed E-state index contributed by atoms with van der Waals surface area (Å²) in [6.07, 6.45) is 1.60. The molecule has 21 heavy (non-hydrogen) atoms. The molecule has 0 aliphatic heterocycles. The number of primary sulfonamides is 1. The van der Waals surface area contributed by atoms with Crippen LogP contribution in [-0.4, -0.2) is 13.0 Å². The van der Waals surface area contributed by atoms with Gasteiger partial charge in [0, 0.05) is 28.1 Å². The highest BCUT2D eigenvalue weighted by molar-refractivity contribution is 9.10. The van der Waals surface area contributed by atoms with Gasteiger partial charge in [-0.15, -0.1) is 0 Å². The largest absolute Gasteiger partial charge is 0.342 e. The number of rotatable bonds is 3. The summed E-state index contributed by atoms with van der Waals surface area (Å²) in [4.78, 5) is 0.158. The summed E-state index contributed by atoms with van der Waals surface area (Å²) in [5.74, 6) is 0. The highest BCUT2D eigenvalue weighted by Gasteiger charge is 2.17. The lowest BCUT2D eigenvalue weighted by atomic mass is 10.2. The molecule has 3 aromatic rings. The molecule has 0 fully saturated rings. The Morgan fingerprint density at radius 1 is 1.05 bits per heavy atom. The van der Waals surface area contributed by atoms with Gasteiger partial charge in [0.2, 0.25) is 10.0 Å². The smallest absolute Gasteiger partial charge is 0.240 e. The van der Waals surface area contributed by atoms with Gasteiger partial charge in [0.25, 0.3) is 0 Å². The predicted molar refractivity (Wildman–Crippen MR) is 86.6 cm³/mol. The number of aromatic nitrogens is 1. The van der Waals surface area contributed by atoms with Crippen molar-refractivity contribution in [1.29, 1.82) is 0 Å². The summed E-state index contributed by atoms with van der Waals surface area (Å²) >= 11 is 3.51. The molecule has 4 nitrogen and oxygen atoms in total. The zero-order valence-corrected chi connectivity index (χ0v) is 13.4. The molecule has 2 aromatic carbocycles. The maximum absolute atomic E-state index is 11.7. The predicted octanol–water partition coefficient (Wildman–Crippen LogP) is 3.10. The first-order valence-corrected chi connectivity index (χ1v) is 8.65. The van der Waals surface area contributed by atoms with E-state index in [-0.39, 0.29) is 4.90 Å². The molecule has 0 unspecified atom stereocenters. The molecule has 0 aliphatic rings. The van der Waals surface area contributed by atoms with Crippen LogP contribution in [0.25, 0.3) is 10.9 Å². The van der Waals surface area contributed by atoms with Crippen molar-refractivity contribution in [2.24, 2.45) is 5.14 Å². The zero-order chi connectivity index (χ0) is 15.0. The molecular weight excluding hydrogens is 352 g/mol. The number of hydrogen-bond acceptors (Lipinski definition) is 2. The first kappa shape index (κ1) is 14.3. The van der Waals surface area contributed by atoms with Crippen LogP contribution in [0.5, 0.6) is 0 Å². The molecule has 0 atom stereocenters. The standard InChI is InChI=1S/C15H13BrN2O2S/c16-13-7-3-1-5-11(13)9-18-10-15(21(17,19)20)12-6-2-4-8-14(12)18/h1-8,10H,9H2,(H2,17,19,20). The molecule has 1 heterocycles. The Labute approximate surface area is 131 Å². The fraction of sp³-hybridized carbons (Fsp3) is 0.0667. The van der Waals surface area contributed by atoms with Crippen LogP contribution in [0, 0.1) is 0 Å². The lowest BCUT2D eigenvalue weighted by Gasteiger charge is -2.07. The van der Waals surface area contributed by atoms with Crippen molar-refractivity contribution >= 4 is 36.9 Å². The number of nitrogens with zero attached hydrogens (tertiary/aromatic N) is 1. The van der Waals surface area contributed by atoms with E-state index >= 15 is 0 Å². The average Bonchev–Trinajstić information content (AvgIpc) is 2.81. The van der Waals surface area contributed by atoms with Crippen molar-refractivity contribution in [2.45, 2.75) is 11.4 Å². The van der Waals surface area contributed by atoms with Crippen LogP contribution in [0.15, 0.2) is 64.1 Å². The average molecular weight is 365 g/mol. The SMILES string of the molecule is NS(=O)(=O)c1cn(Cc2ccccc2Br)c2ccccc12. The van der Waals surface area contributed by atoms with Crippen LogP contribution in [0.1, 0.15) is 5.56 Å². The van der Waals surface area contributed by atoms with E-state index in [1.54, 1.807) is 18.3 Å². The number of sulfonamides is 1. The normalized spacial score (nSPS) is 11.9. The lowest BCUT2D eigenvalue weighted by molar-refractivity contribution is 0.598. The Kier molecular flexibility index (Phi) is 3.61. The Hall–Kier alpha value is -1.63. The van der Waals surface area contributed by atoms with Crippen LogP contribution in [0.3, 0.4) is 0 Å². The van der Waals surface area contributed by atoms with E-state index < -0.39 is 10.0 Å². The van der Waals surface area contributed by atoms with E-state index in [9.17, 15) is 8.42 Å². The van der Waals surface area contributed by atoms with Gasteiger partial charge < -0.3 is 4.57 Å². The Morgan fingerprint density at radius 3 is 2.43 bits per heavy atom. The number of hydrogen-bond donors (Lipinski definition) is 1. The molecular formula is C15H13BrN2O2S. The van der Waals surface area contributed by atoms with E-state index in [1.165, 1.54) is 0 Å². The number of fused-ring (bicyclic) bond motifs is 1. The highest BCUT2D eigenvalue weighted by Crippen LogP contribution is 2.26. The molecule has 0 spiro atoms. The second-order valence-corrected chi connectivity index (χ2v) is 7.16. The maximum Gasteiger partial charge on any atom is 0.240 e. The summed E-state index contributed by atoms with van der Waals surface area (Å²) in [6.45, 7) is 0.567. The molecule has 108 valence electrons. The molecule has 0 radical (unpaired) electrons. The van der Waals surface area contributed by atoms with Gasteiger partial charge in [-0.25, -0.2) is 13.6 Å². The summed E-state index contributed by atoms with van der Waals surface area (Å²) in [5, 5.41) is 5.95. The fourth-order valence-electron chi connectivity index (χ4n) is 2.38. The van der Waals surface area contributed by atoms with Crippen molar-refractivity contribution in [3.05, 3.63) is 64.8 Å². The zero-order valence-electron chi connectivity index (χ0n) is 11.0. The molecule has 2 N–H and O–H groups in total. The van der Waals surface area contributed by atoms with Crippen molar-refractivity contribution in [2.75, 3.05) is 0 Å². The van der Waals surface area contributed by atoms with E-state index in [0.717, 1.165) is 15.6 Å². The molecule has 0 saturated heterocycles. The third-order valence-electron chi connectivity index (χ3n) is 3.36. The minimum Gasteiger partial charge on any atom is -0.342 e. The Bertz CT molecular complexity index is 916. The van der Waals surface area contributed by atoms with Crippen molar-refractivity contribution in [3.8, 4) is 0 Å². The number of para-hydroxylation sites is 1. The molecule has 0 bridgehead atoms. The maximum atomic E-state index is 11.7. The quantitative estimate of drug-likeness (QED) is 0.775. The summed E-state index contributed by atoms with van der Waals surface area (Å²) in [5.41, 5.74) is 1.91. The second kappa shape index (κ2) is 5.29. The number of halogens is 1. The minimum absolute atomic E-state index is 0.158. The van der Waals surface area contributed by atoms with Gasteiger partial charge in [-0.3, -0.25) is 0 Å². The number of nitrogens with two attached hydrogens (primary N) is 1. The van der Waals surface area contributed by atoms with Crippen LogP contribution < -0.4 is 5.14 Å². The summed E-state index contributed by atoms with van der Waals surface area (Å²) in [7, 11) is -3.74. The minimum atomic E-state index is -3.74. The van der Waals surface area contributed by atoms with Gasteiger partial charge in [-0.1, -0.05) is 52.3 Å². The second-order valence-electron chi connectivity index (χ2n) is 4.77. The first-order valence-electron chi connectivity index (χ1n) is 6.31. The van der Waals surface area contributed by atoms with Crippen molar-refractivity contribution in [1.82, 2.24) is 4.57 Å². The monoisotopic (exact) mass is 364 g/mol. The summed E-state index contributed by atoms with van der Waals surface area (Å²) in [6, 6.07) is 15.2. The Morgan fingerprint density at radius 2 is 1.71 bits per heavy atom. The van der Waals surface area contributed by atoms with Gasteiger partial charge in [0.05, 0.1) is 0 Å². The molecule has 6 heteroatoms. The van der Waals surface area contributed by atoms with E-state index in [1.807, 2.05) is 41.0 Å². The van der Waals surface area contributed by atoms with Crippen LogP contribution in [0.4, 0.5) is 0 Å². The fourth-order valence-corrected chi connectivity index (χ4v) is 3.54. The first-order chi connectivity index (χ1) is 9.97. The van der Waals surface area contributed by atoms with Gasteiger partial charge in [0.15, 0.2) is 0 Å². The van der Waals surface area contributed by atoms with Gasteiger partial charge in [-0.2, -0.15) is 0 Å². The molecule has 0 amide bonds. The van der Waals surface area contributed by atoms with Crippen LogP contribution in [0.2, 0.25) is 0 Å². The van der Waals surface area contributed by atoms with Gasteiger partial charge in [-0.05, 0) is 17.7 Å². The van der Waals surface area contributed by atoms with E-state index in [2.05, 4.69) is 15.9 Å². The molecule has 0 saturated carbocycles. The van der Waals surface area contributed by atoms with Crippen LogP contribution >= 0.6 is 15.9 Å². The third kappa shape index (κ3) is 2.74. The Balaban J connectivity index is 2.18. The van der Waals surface area contributed by atoms with Crippen molar-refractivity contribution < 1.29 is 8.42 Å². The topological polar surface area (TPSA) is 65.1 Å². The third-order valence-corrected chi connectivity index (χ3v) is 5.07. The molecule has 1 aromatic heterocycles. The highest BCUT2D eigenvalue weighted by atomic mass is 79.9. The van der Waals surface area contributed by atoms with E-state index in [4.69, 9.17) is 5.14 Å². The van der Waals surface area contributed by atoms with E-state index in [0.29, 0.717) is 11.9 Å². The number of benzene rings is 2. The molecule has 0 aliphatic carbocycles. The summed E-state index contributed by atoms with van der Waals surface area (Å²) < 4.78 is 26.4. The van der Waals surface area contributed by atoms with Crippen molar-refractivity contribution in [3.63, 3.8) is 0 Å². The van der Waals surface area contributed by atoms with Gasteiger partial charge >= 0.3 is 0 Å². The van der Waals surface area contributed by atoms with Gasteiger partial charge in [0.1, 0.15) is 4.90 Å². The lowest BCUT2D eigenvalue weighted by Crippen LogP contribution is -2.11. The van der Waals surface area contributed by atoms with Crippen LogP contribution in [-0.2, 0) is 16.6 Å². The molecule has 3 rings (SSSR count).